The van der Waals surface area contributed by atoms with E-state index in [2.05, 4.69) is 98.2 Å². The minimum atomic E-state index is 0. The van der Waals surface area contributed by atoms with Gasteiger partial charge in [0.15, 0.2) is 0 Å². The molecule has 0 amide bonds. The van der Waals surface area contributed by atoms with Crippen molar-refractivity contribution in [3.05, 3.63) is 67.4 Å². The average Bonchev–Trinajstić information content (AvgIpc) is 2.99. The molecule has 0 saturated carbocycles. The van der Waals surface area contributed by atoms with Crippen molar-refractivity contribution in [2.24, 2.45) is 0 Å². The molecule has 0 aliphatic heterocycles. The summed E-state index contributed by atoms with van der Waals surface area (Å²) in [7, 11) is 1.05. The molecule has 1 aromatic rings. The molecule has 0 spiro atoms. The predicted molar refractivity (Wildman–Crippen MR) is 119 cm³/mol. The molecule has 0 atom stereocenters. The third-order valence-corrected chi connectivity index (χ3v) is 4.41. The van der Waals surface area contributed by atoms with Crippen molar-refractivity contribution in [2.75, 3.05) is 0 Å². The van der Waals surface area contributed by atoms with Gasteiger partial charge in [0.2, 0.25) is 0 Å². The Labute approximate surface area is 205 Å². The maximum atomic E-state index is 7.50. The number of hydrogen-bond donors (Lipinski definition) is 0. The summed E-state index contributed by atoms with van der Waals surface area (Å²) in [6.07, 6.45) is 14.0. The molecular weight excluding hydrogens is 509 g/mol. The first-order chi connectivity index (χ1) is 12.6. The molecule has 1 aliphatic rings. The topological polar surface area (TPSA) is 39.8 Å². The third kappa shape index (κ3) is 42.8. The molecule has 0 aromatic heterocycles. The summed E-state index contributed by atoms with van der Waals surface area (Å²) in [5.41, 5.74) is 1.34. The van der Waals surface area contributed by atoms with Crippen LogP contribution in [0.2, 0.25) is 0 Å². The van der Waals surface area contributed by atoms with E-state index in [9.17, 15) is 0 Å². The Morgan fingerprint density at radius 2 is 1.10 bits per heavy atom. The van der Waals surface area contributed by atoms with Crippen molar-refractivity contribution in [3.63, 3.8) is 0 Å². The smallest absolute Gasteiger partial charge is 0 e. The van der Waals surface area contributed by atoms with Gasteiger partial charge in [0, 0.05) is 36.5 Å². The van der Waals surface area contributed by atoms with Crippen molar-refractivity contribution >= 4 is 8.58 Å². The Balaban J connectivity index is -0.0000000893. The second kappa shape index (κ2) is 25.9. The Morgan fingerprint density at radius 1 is 0.793 bits per heavy atom. The van der Waals surface area contributed by atoms with Crippen LogP contribution in [0.25, 0.3) is 0 Å². The van der Waals surface area contributed by atoms with Gasteiger partial charge in [-0.2, -0.15) is 18.2 Å². The zero-order chi connectivity index (χ0) is 21.8. The van der Waals surface area contributed by atoms with Gasteiger partial charge in [-0.05, 0) is 36.0 Å². The molecule has 1 aromatic carbocycles. The fourth-order valence-corrected chi connectivity index (χ4v) is 4.70. The van der Waals surface area contributed by atoms with Crippen LogP contribution in [0.15, 0.2) is 48.6 Å². The van der Waals surface area contributed by atoms with Gasteiger partial charge >= 0.3 is 22.6 Å². The van der Waals surface area contributed by atoms with Gasteiger partial charge < -0.3 is 0 Å². The fourth-order valence-electron chi connectivity index (χ4n) is 2.45. The number of hydrogen-bond acceptors (Lipinski definition) is 0. The molecule has 0 N–H and O–H groups in total. The van der Waals surface area contributed by atoms with Crippen LogP contribution >= 0.6 is 8.58 Å². The van der Waals surface area contributed by atoms with Crippen LogP contribution in [0.5, 0.6) is 0 Å². The van der Waals surface area contributed by atoms with E-state index in [4.69, 9.17) is 9.30 Å². The van der Waals surface area contributed by atoms with Gasteiger partial charge in [-0.3, -0.25) is 0 Å². The van der Waals surface area contributed by atoms with E-state index in [-0.39, 0.29) is 36.5 Å². The van der Waals surface area contributed by atoms with E-state index < -0.39 is 0 Å². The van der Waals surface area contributed by atoms with E-state index in [0.29, 0.717) is 10.3 Å². The first-order valence-electron chi connectivity index (χ1n) is 9.29. The molecule has 29 heavy (non-hydrogen) atoms. The molecule has 5 heteroatoms. The van der Waals surface area contributed by atoms with Crippen LogP contribution in [0.4, 0.5) is 0 Å². The molecule has 2 nitrogen and oxygen atoms in total. The number of aryl methyl sites for hydroxylation is 1. The Hall–Kier alpha value is -0.117. The molecule has 0 bridgehead atoms. The summed E-state index contributed by atoms with van der Waals surface area (Å²) in [5.74, 6) is 0. The normalized spacial score (nSPS) is 14.0. The number of allylic oxidation sites excluding steroid dienone is 4. The molecule has 0 heterocycles. The van der Waals surface area contributed by atoms with Crippen molar-refractivity contribution in [1.82, 2.24) is 0 Å². The standard InChI is InChI=1S/C8H19P.C8H12.C6H7.2CO.Mn.Rh/c1-7(2,3)9-8(4,5)6;1-2-4-6-8-7-5-3-1;1-6-4-2-3-5-6;2*1-2;;/h9H,1-6H3;1-2,7-8H,3-6H2;2-5H,1H3;;;;/q;;-1;;;;/b;2-1-,8-7-;;;;;. The molecule has 168 valence electrons. The van der Waals surface area contributed by atoms with E-state index >= 15 is 0 Å². The fraction of sp³-hybridized carbons (Fsp3) is 0.542. The molecule has 0 saturated heterocycles. The Morgan fingerprint density at radius 3 is 1.21 bits per heavy atom. The Bertz CT molecular complexity index is 475. The first kappa shape index (κ1) is 39.4. The maximum absolute atomic E-state index is 7.50. The van der Waals surface area contributed by atoms with Crippen LogP contribution in [0.3, 0.4) is 0 Å². The molecular formula is C24H38MnO2PRh-. The summed E-state index contributed by atoms with van der Waals surface area (Å²) in [4.78, 5) is 0. The summed E-state index contributed by atoms with van der Waals surface area (Å²) in [6, 6.07) is 8.24. The minimum absolute atomic E-state index is 0. The predicted octanol–water partition coefficient (Wildman–Crippen LogP) is 7.57. The van der Waals surface area contributed by atoms with E-state index in [1.807, 2.05) is 12.1 Å². The Kier molecular flexibility index (Phi) is 35.2. The van der Waals surface area contributed by atoms with Crippen LogP contribution in [-0.2, 0) is 45.9 Å². The monoisotopic (exact) mass is 547 g/mol. The summed E-state index contributed by atoms with van der Waals surface area (Å²) < 4.78 is 15.0. The SMILES string of the molecule is C1=C\CC/C=C\CC/1.CC(C)(C)PC(C)(C)C.Cc1cc[cH-]c1.[C-]#[O+].[C-]#[O+].[Mn].[Rh]. The van der Waals surface area contributed by atoms with Crippen molar-refractivity contribution in [2.45, 2.75) is 84.5 Å². The van der Waals surface area contributed by atoms with Crippen LogP contribution in [0, 0.1) is 20.2 Å². The van der Waals surface area contributed by atoms with Crippen molar-refractivity contribution in [1.29, 1.82) is 0 Å². The van der Waals surface area contributed by atoms with Crippen LogP contribution in [-0.4, -0.2) is 10.3 Å². The molecule has 0 fully saturated rings. The average molecular weight is 547 g/mol. The van der Waals surface area contributed by atoms with Gasteiger partial charge in [0.1, 0.15) is 0 Å². The van der Waals surface area contributed by atoms with Gasteiger partial charge in [0.05, 0.1) is 0 Å². The van der Waals surface area contributed by atoms with Crippen LogP contribution in [0.1, 0.15) is 72.8 Å². The third-order valence-electron chi connectivity index (χ3n) is 2.91. The van der Waals surface area contributed by atoms with E-state index in [1.165, 1.54) is 31.2 Å². The zero-order valence-corrected chi connectivity index (χ0v) is 22.8. The first-order valence-corrected chi connectivity index (χ1v) is 10.3. The summed E-state index contributed by atoms with van der Waals surface area (Å²) >= 11 is 0. The van der Waals surface area contributed by atoms with Gasteiger partial charge in [-0.1, -0.05) is 72.8 Å². The quantitative estimate of drug-likeness (QED) is 0.106. The van der Waals surface area contributed by atoms with Gasteiger partial charge in [0.25, 0.3) is 0 Å². The molecule has 2 rings (SSSR count). The maximum Gasteiger partial charge on any atom is 0 e. The minimum Gasteiger partial charge on any atom is 0 e. The van der Waals surface area contributed by atoms with E-state index in [0.717, 1.165) is 8.58 Å². The molecule has 2 radical (unpaired) electrons. The largest absolute Gasteiger partial charge is 0 e. The van der Waals surface area contributed by atoms with Gasteiger partial charge in [-0.15, -0.1) is 8.58 Å². The zero-order valence-electron chi connectivity index (χ0n) is 19.0. The van der Waals surface area contributed by atoms with Crippen molar-refractivity contribution in [3.8, 4) is 0 Å². The molecule has 0 unspecified atom stereocenters. The van der Waals surface area contributed by atoms with E-state index in [1.54, 1.807) is 0 Å². The summed E-state index contributed by atoms with van der Waals surface area (Å²) in [6.45, 7) is 24.9. The van der Waals surface area contributed by atoms with Crippen LogP contribution < -0.4 is 0 Å². The van der Waals surface area contributed by atoms with Gasteiger partial charge in [-0.25, -0.2) is 11.6 Å². The van der Waals surface area contributed by atoms with Crippen molar-refractivity contribution < 1.29 is 45.9 Å². The molecule has 1 aliphatic carbocycles. The second-order valence-corrected chi connectivity index (χ2v) is 11.4. The summed E-state index contributed by atoms with van der Waals surface area (Å²) in [5, 5.41) is 1.02. The second-order valence-electron chi connectivity index (χ2n) is 8.18. The number of rotatable bonds is 0.